The van der Waals surface area contributed by atoms with Crippen LogP contribution in [0.15, 0.2) is 95.6 Å². The largest absolute Gasteiger partial charge is 0.416 e. The van der Waals surface area contributed by atoms with Gasteiger partial charge in [-0.3, -0.25) is 0 Å². The van der Waals surface area contributed by atoms with Crippen molar-refractivity contribution in [2.24, 2.45) is 5.92 Å². The third-order valence-electron chi connectivity index (χ3n) is 9.99. The first-order chi connectivity index (χ1) is 27.1. The standard InChI is InChI=1S/C42H16F12N4/c43-39(44,45)25-5-21(6-26(11-25)40(46,47)48)19-1-3-29-31-13-36-32(14-35(31)37(33(29)9-19)23(15-55)16-56)30-4-2-20(10-34(30)38(36)24(17-57)18-58)22-7-27(41(49,50)51)12-28(8-22)42(52,53)54/h1-7,9-14,28H,8H2. The van der Waals surface area contributed by atoms with Crippen LogP contribution in [0.1, 0.15) is 45.4 Å². The fourth-order valence-corrected chi connectivity index (χ4v) is 7.43. The molecule has 0 radical (unpaired) electrons. The number of allylic oxidation sites excluding steroid dienone is 6. The van der Waals surface area contributed by atoms with Gasteiger partial charge in [0, 0.05) is 11.1 Å². The molecule has 0 saturated heterocycles. The number of benzene rings is 4. The first kappa shape index (κ1) is 39.2. The van der Waals surface area contributed by atoms with Crippen LogP contribution in [0.25, 0.3) is 50.1 Å². The zero-order valence-corrected chi connectivity index (χ0v) is 28.6. The normalized spacial score (nSPS) is 15.8. The SMILES string of the molecule is N#CC(C#N)=C1c2cc(C3=CC(C(F)(F)F)=CC(C(F)(F)F)C3)ccc2-c2cc3c(cc21)-c1ccc(-c2cc(C(F)(F)F)cc(C(F)(F)F)c2)cc1C3=C(C#N)C#N. The molecule has 0 spiro atoms. The number of rotatable bonds is 2. The van der Waals surface area contributed by atoms with Gasteiger partial charge in [-0.15, -0.1) is 0 Å². The van der Waals surface area contributed by atoms with Crippen molar-refractivity contribution in [2.45, 2.75) is 31.1 Å². The molecule has 0 aromatic heterocycles. The van der Waals surface area contributed by atoms with Gasteiger partial charge in [-0.2, -0.15) is 73.7 Å². The van der Waals surface area contributed by atoms with Gasteiger partial charge in [-0.05, 0) is 122 Å². The molecule has 0 amide bonds. The van der Waals surface area contributed by atoms with E-state index >= 15 is 0 Å². The molecule has 0 N–H and O–H groups in total. The van der Waals surface area contributed by atoms with E-state index in [1.165, 1.54) is 48.5 Å². The van der Waals surface area contributed by atoms with Crippen LogP contribution in [0.3, 0.4) is 0 Å². The summed E-state index contributed by atoms with van der Waals surface area (Å²) < 4.78 is 165. The number of alkyl halides is 12. The number of fused-ring (bicyclic) bond motifs is 6. The fourth-order valence-electron chi connectivity index (χ4n) is 7.43. The van der Waals surface area contributed by atoms with Gasteiger partial charge >= 0.3 is 24.7 Å². The molecule has 4 nitrogen and oxygen atoms in total. The molecule has 58 heavy (non-hydrogen) atoms. The predicted molar refractivity (Wildman–Crippen MR) is 184 cm³/mol. The van der Waals surface area contributed by atoms with Crippen molar-refractivity contribution in [1.82, 2.24) is 0 Å². The van der Waals surface area contributed by atoms with Gasteiger partial charge < -0.3 is 0 Å². The zero-order valence-electron chi connectivity index (χ0n) is 28.6. The van der Waals surface area contributed by atoms with Gasteiger partial charge in [-0.25, -0.2) is 0 Å². The maximum Gasteiger partial charge on any atom is 0.416 e. The number of halogens is 12. The molecule has 4 aromatic rings. The molecule has 7 rings (SSSR count). The van der Waals surface area contributed by atoms with Crippen molar-refractivity contribution in [2.75, 3.05) is 0 Å². The van der Waals surface area contributed by atoms with Gasteiger partial charge in [0.15, 0.2) is 0 Å². The van der Waals surface area contributed by atoms with Crippen molar-refractivity contribution in [3.8, 4) is 57.7 Å². The Bertz CT molecular complexity index is 2730. The molecule has 0 heterocycles. The number of nitrogens with zero attached hydrogens (tertiary/aromatic N) is 4. The molecule has 0 saturated carbocycles. The molecule has 3 aliphatic carbocycles. The highest BCUT2D eigenvalue weighted by molar-refractivity contribution is 6.11. The van der Waals surface area contributed by atoms with Crippen molar-refractivity contribution in [3.05, 3.63) is 135 Å². The first-order valence-electron chi connectivity index (χ1n) is 16.5. The first-order valence-corrected chi connectivity index (χ1v) is 16.5. The molecular formula is C42H16F12N4. The van der Waals surface area contributed by atoms with Crippen LogP contribution < -0.4 is 0 Å². The summed E-state index contributed by atoms with van der Waals surface area (Å²) in [6.07, 6.45) is -20.6. The third-order valence-corrected chi connectivity index (χ3v) is 9.99. The molecule has 3 aliphatic rings. The summed E-state index contributed by atoms with van der Waals surface area (Å²) in [6.45, 7) is 0. The van der Waals surface area contributed by atoms with Gasteiger partial charge in [0.05, 0.1) is 22.6 Å². The van der Waals surface area contributed by atoms with Crippen molar-refractivity contribution < 1.29 is 52.7 Å². The van der Waals surface area contributed by atoms with Crippen LogP contribution in [-0.2, 0) is 12.4 Å². The van der Waals surface area contributed by atoms with E-state index < -0.39 is 70.5 Å². The lowest BCUT2D eigenvalue weighted by Crippen LogP contribution is -2.26. The van der Waals surface area contributed by atoms with Crippen LogP contribution in [0.5, 0.6) is 0 Å². The predicted octanol–water partition coefficient (Wildman–Crippen LogP) is 12.5. The third kappa shape index (κ3) is 6.57. The highest BCUT2D eigenvalue weighted by Gasteiger charge is 2.45. The van der Waals surface area contributed by atoms with E-state index in [4.69, 9.17) is 0 Å². The Balaban J connectivity index is 1.43. The average molecular weight is 805 g/mol. The molecular weight excluding hydrogens is 788 g/mol. The second kappa shape index (κ2) is 13.3. The van der Waals surface area contributed by atoms with Crippen molar-refractivity contribution in [1.29, 1.82) is 21.0 Å². The number of nitriles is 4. The zero-order chi connectivity index (χ0) is 42.3. The molecule has 288 valence electrons. The molecule has 0 bridgehead atoms. The molecule has 16 heteroatoms. The van der Waals surface area contributed by atoms with Gasteiger partial charge in [-0.1, -0.05) is 30.3 Å². The fraction of sp³-hybridized carbons (Fsp3) is 0.143. The van der Waals surface area contributed by atoms with E-state index in [-0.39, 0.29) is 84.5 Å². The number of hydrogen-bond donors (Lipinski definition) is 0. The summed E-state index contributed by atoms with van der Waals surface area (Å²) in [5, 5.41) is 40.0. The van der Waals surface area contributed by atoms with E-state index in [2.05, 4.69) is 0 Å². The van der Waals surface area contributed by atoms with Crippen LogP contribution in [0, 0.1) is 51.2 Å². The van der Waals surface area contributed by atoms with Gasteiger partial charge in [0.2, 0.25) is 0 Å². The smallest absolute Gasteiger partial charge is 0.192 e. The lowest BCUT2D eigenvalue weighted by Gasteiger charge is -2.25. The molecule has 0 fully saturated rings. The summed E-state index contributed by atoms with van der Waals surface area (Å²) in [5.41, 5.74) is -5.07. The van der Waals surface area contributed by atoms with Crippen LogP contribution in [0.2, 0.25) is 0 Å². The summed E-state index contributed by atoms with van der Waals surface area (Å²) in [5.74, 6) is -2.47. The molecule has 1 atom stereocenters. The minimum absolute atomic E-state index is 0.0324. The van der Waals surface area contributed by atoms with E-state index in [1.54, 1.807) is 24.3 Å². The Hall–Kier alpha value is -7.04. The molecule has 4 aromatic carbocycles. The maximum absolute atomic E-state index is 13.8. The monoisotopic (exact) mass is 804 g/mol. The Morgan fingerprint density at radius 2 is 0.897 bits per heavy atom. The Morgan fingerprint density at radius 3 is 1.31 bits per heavy atom. The minimum atomic E-state index is -5.15. The summed E-state index contributed by atoms with van der Waals surface area (Å²) in [7, 11) is 0. The topological polar surface area (TPSA) is 95.2 Å². The quantitative estimate of drug-likeness (QED) is 0.129. The summed E-state index contributed by atoms with van der Waals surface area (Å²) in [6, 6.07) is 18.7. The van der Waals surface area contributed by atoms with Crippen LogP contribution in [-0.4, -0.2) is 12.4 Å². The van der Waals surface area contributed by atoms with E-state index in [0.29, 0.717) is 18.2 Å². The second-order valence-corrected chi connectivity index (χ2v) is 13.3. The minimum Gasteiger partial charge on any atom is -0.192 e. The van der Waals surface area contributed by atoms with Gasteiger partial charge in [0.1, 0.15) is 35.4 Å². The Kier molecular flexibility index (Phi) is 8.98. The molecule has 1 unspecified atom stereocenters. The van der Waals surface area contributed by atoms with Crippen molar-refractivity contribution >= 4 is 16.7 Å². The highest BCUT2D eigenvalue weighted by Crippen LogP contribution is 2.55. The Morgan fingerprint density at radius 1 is 0.466 bits per heavy atom. The summed E-state index contributed by atoms with van der Waals surface area (Å²) >= 11 is 0. The lowest BCUT2D eigenvalue weighted by atomic mass is 9.85. The van der Waals surface area contributed by atoms with Gasteiger partial charge in [0.25, 0.3) is 0 Å². The van der Waals surface area contributed by atoms with E-state index in [1.807, 2.05) is 0 Å². The number of hydrogen-bond acceptors (Lipinski definition) is 4. The average Bonchev–Trinajstić information content (AvgIpc) is 3.64. The lowest BCUT2D eigenvalue weighted by molar-refractivity contribution is -0.161. The molecule has 0 aliphatic heterocycles. The second-order valence-electron chi connectivity index (χ2n) is 13.3. The Labute approximate surface area is 319 Å². The summed E-state index contributed by atoms with van der Waals surface area (Å²) in [4.78, 5) is 0. The van der Waals surface area contributed by atoms with Crippen LogP contribution in [0.4, 0.5) is 52.7 Å². The van der Waals surface area contributed by atoms with E-state index in [0.717, 1.165) is 0 Å². The van der Waals surface area contributed by atoms with Crippen LogP contribution >= 0.6 is 0 Å². The van der Waals surface area contributed by atoms with Crippen molar-refractivity contribution in [3.63, 3.8) is 0 Å². The van der Waals surface area contributed by atoms with E-state index in [9.17, 15) is 73.7 Å². The maximum atomic E-state index is 13.8. The highest BCUT2D eigenvalue weighted by atomic mass is 19.4.